The van der Waals surface area contributed by atoms with Crippen LogP contribution < -0.4 is 14.8 Å². The van der Waals surface area contributed by atoms with Crippen LogP contribution in [0.4, 0.5) is 4.79 Å². The molecular weight excluding hydrogens is 420 g/mol. The largest absolute Gasteiger partial charge is 0.497 e. The number of amides is 2. The lowest BCUT2D eigenvalue weighted by molar-refractivity contribution is -0.142. The van der Waals surface area contributed by atoms with Crippen LogP contribution in [-0.4, -0.2) is 72.8 Å². The van der Waals surface area contributed by atoms with Crippen LogP contribution in [0.3, 0.4) is 0 Å². The molecule has 2 amide bonds. The van der Waals surface area contributed by atoms with Crippen molar-refractivity contribution in [3.8, 4) is 11.5 Å². The molecule has 2 aromatic rings. The Kier molecular flexibility index (Phi) is 7.67. The van der Waals surface area contributed by atoms with Crippen molar-refractivity contribution >= 4 is 23.8 Å². The molecule has 0 saturated carbocycles. The van der Waals surface area contributed by atoms with Gasteiger partial charge in [0.25, 0.3) is 0 Å². The van der Waals surface area contributed by atoms with Crippen LogP contribution in [0.15, 0.2) is 24.5 Å². The summed E-state index contributed by atoms with van der Waals surface area (Å²) >= 11 is 1.60. The van der Waals surface area contributed by atoms with E-state index in [-0.39, 0.29) is 6.03 Å². The Morgan fingerprint density at radius 2 is 2.13 bits per heavy atom. The number of nitrogens with one attached hydrogen (secondary N) is 2. The SMILES string of the molecule is COC(=O)[C@@H](CCSC)NC(=O)N1CCc2[nH]cnc2[C@H]1c1cc(OC)ccc1OC. The van der Waals surface area contributed by atoms with Gasteiger partial charge in [0, 0.05) is 24.2 Å². The van der Waals surface area contributed by atoms with Crippen LogP contribution in [0.2, 0.25) is 0 Å². The van der Waals surface area contributed by atoms with Gasteiger partial charge in [-0.15, -0.1) is 0 Å². The van der Waals surface area contributed by atoms with E-state index in [1.165, 1.54) is 7.11 Å². The smallest absolute Gasteiger partial charge is 0.328 e. The van der Waals surface area contributed by atoms with Crippen molar-refractivity contribution in [3.63, 3.8) is 0 Å². The minimum Gasteiger partial charge on any atom is -0.497 e. The first-order valence-corrected chi connectivity index (χ1v) is 11.3. The van der Waals surface area contributed by atoms with Crippen molar-refractivity contribution in [1.29, 1.82) is 0 Å². The molecular formula is C21H28N4O5S. The second-order valence-electron chi connectivity index (χ2n) is 7.03. The molecule has 168 valence electrons. The maximum Gasteiger partial charge on any atom is 0.328 e. The number of benzene rings is 1. The Morgan fingerprint density at radius 1 is 1.32 bits per heavy atom. The number of ether oxygens (including phenoxy) is 3. The Labute approximate surface area is 185 Å². The second kappa shape index (κ2) is 10.4. The quantitative estimate of drug-likeness (QED) is 0.597. The number of carbonyl (C=O) groups is 2. The predicted molar refractivity (Wildman–Crippen MR) is 118 cm³/mol. The van der Waals surface area contributed by atoms with Gasteiger partial charge in [0.2, 0.25) is 0 Å². The number of carbonyl (C=O) groups excluding carboxylic acids is 2. The molecule has 0 bridgehead atoms. The molecule has 2 heterocycles. The van der Waals surface area contributed by atoms with Gasteiger partial charge >= 0.3 is 12.0 Å². The number of hydrogen-bond acceptors (Lipinski definition) is 7. The number of methoxy groups -OCH3 is 3. The summed E-state index contributed by atoms with van der Waals surface area (Å²) < 4.78 is 15.9. The fraction of sp³-hybridized carbons (Fsp3) is 0.476. The maximum atomic E-state index is 13.4. The van der Waals surface area contributed by atoms with Gasteiger partial charge in [-0.1, -0.05) is 0 Å². The van der Waals surface area contributed by atoms with Gasteiger partial charge in [-0.2, -0.15) is 11.8 Å². The monoisotopic (exact) mass is 448 g/mol. The standard InChI is InChI=1S/C21H28N4O5S/c1-28-13-5-6-17(29-2)14(11-13)19-18-15(22-12-23-18)7-9-25(19)21(27)24-16(8-10-31-4)20(26)30-3/h5-6,11-12,16,19H,7-10H2,1-4H3,(H,22,23)(H,24,27)/t16-,19-/m1/s1. The minimum atomic E-state index is -0.724. The van der Waals surface area contributed by atoms with Crippen molar-refractivity contribution < 1.29 is 23.8 Å². The first-order valence-electron chi connectivity index (χ1n) is 9.92. The van der Waals surface area contributed by atoms with Gasteiger partial charge in [0.1, 0.15) is 23.6 Å². The lowest BCUT2D eigenvalue weighted by Crippen LogP contribution is -2.51. The first kappa shape index (κ1) is 22.8. The highest BCUT2D eigenvalue weighted by atomic mass is 32.2. The van der Waals surface area contributed by atoms with Crippen molar-refractivity contribution in [2.45, 2.75) is 24.9 Å². The van der Waals surface area contributed by atoms with Crippen molar-refractivity contribution in [2.24, 2.45) is 0 Å². The number of nitrogens with zero attached hydrogens (tertiary/aromatic N) is 2. The van der Waals surface area contributed by atoms with Crippen LogP contribution in [0.1, 0.15) is 29.4 Å². The molecule has 0 saturated heterocycles. The Balaban J connectivity index is 1.97. The summed E-state index contributed by atoms with van der Waals surface area (Å²) in [6, 6.07) is 3.87. The molecule has 31 heavy (non-hydrogen) atoms. The summed E-state index contributed by atoms with van der Waals surface area (Å²) in [6.45, 7) is 0.447. The van der Waals surface area contributed by atoms with Crippen molar-refractivity contribution in [3.05, 3.63) is 41.5 Å². The number of aromatic nitrogens is 2. The molecule has 0 spiro atoms. The molecule has 1 aromatic heterocycles. The molecule has 0 radical (unpaired) electrons. The summed E-state index contributed by atoms with van der Waals surface area (Å²) in [5.74, 6) is 1.52. The lowest BCUT2D eigenvalue weighted by atomic mass is 9.95. The third-order valence-electron chi connectivity index (χ3n) is 5.31. The number of H-pyrrole nitrogens is 1. The first-order chi connectivity index (χ1) is 15.0. The molecule has 1 aromatic carbocycles. The van der Waals surface area contributed by atoms with E-state index in [9.17, 15) is 9.59 Å². The van der Waals surface area contributed by atoms with Gasteiger partial charge in [0.15, 0.2) is 0 Å². The second-order valence-corrected chi connectivity index (χ2v) is 8.01. The van der Waals surface area contributed by atoms with E-state index in [0.717, 1.165) is 22.7 Å². The molecule has 0 unspecified atom stereocenters. The molecule has 2 atom stereocenters. The molecule has 10 heteroatoms. The highest BCUT2D eigenvalue weighted by Gasteiger charge is 2.37. The lowest BCUT2D eigenvalue weighted by Gasteiger charge is -2.36. The van der Waals surface area contributed by atoms with Gasteiger partial charge < -0.3 is 29.4 Å². The van der Waals surface area contributed by atoms with E-state index >= 15 is 0 Å². The zero-order chi connectivity index (χ0) is 22.4. The predicted octanol–water partition coefficient (Wildman–Crippen LogP) is 2.38. The Bertz CT molecular complexity index is 919. The number of imidazole rings is 1. The van der Waals surface area contributed by atoms with Crippen molar-refractivity contribution in [1.82, 2.24) is 20.2 Å². The number of rotatable bonds is 8. The summed E-state index contributed by atoms with van der Waals surface area (Å²) in [5.41, 5.74) is 2.46. The summed E-state index contributed by atoms with van der Waals surface area (Å²) in [5, 5.41) is 2.85. The minimum absolute atomic E-state index is 0.361. The average Bonchev–Trinajstić information content (AvgIpc) is 3.28. The number of aromatic amines is 1. The number of urea groups is 1. The van der Waals surface area contributed by atoms with E-state index in [1.54, 1.807) is 49.3 Å². The van der Waals surface area contributed by atoms with E-state index < -0.39 is 18.1 Å². The fourth-order valence-electron chi connectivity index (χ4n) is 3.72. The molecule has 1 aliphatic rings. The van der Waals surface area contributed by atoms with Crippen molar-refractivity contribution in [2.75, 3.05) is 39.9 Å². The fourth-order valence-corrected chi connectivity index (χ4v) is 4.19. The zero-order valence-electron chi connectivity index (χ0n) is 18.1. The average molecular weight is 449 g/mol. The number of thioether (sulfide) groups is 1. The van der Waals surface area contributed by atoms with E-state index in [1.807, 2.05) is 12.3 Å². The third-order valence-corrected chi connectivity index (χ3v) is 5.96. The topological polar surface area (TPSA) is 106 Å². The van der Waals surface area contributed by atoms with E-state index in [4.69, 9.17) is 14.2 Å². The Hall–Kier alpha value is -2.88. The van der Waals surface area contributed by atoms with Gasteiger partial charge in [0.05, 0.1) is 33.4 Å². The molecule has 9 nitrogen and oxygen atoms in total. The number of esters is 1. The molecule has 1 aliphatic heterocycles. The summed E-state index contributed by atoms with van der Waals surface area (Å²) in [7, 11) is 4.49. The number of fused-ring (bicyclic) bond motifs is 1. The van der Waals surface area contributed by atoms with Crippen LogP contribution in [0, 0.1) is 0 Å². The van der Waals surface area contributed by atoms with Crippen LogP contribution in [0.5, 0.6) is 11.5 Å². The molecule has 0 aliphatic carbocycles. The summed E-state index contributed by atoms with van der Waals surface area (Å²) in [4.78, 5) is 34.9. The van der Waals surface area contributed by atoms with Gasteiger partial charge in [-0.05, 0) is 36.6 Å². The molecule has 3 rings (SSSR count). The molecule has 2 N–H and O–H groups in total. The summed E-state index contributed by atoms with van der Waals surface area (Å²) in [6.07, 6.45) is 4.68. The zero-order valence-corrected chi connectivity index (χ0v) is 19.0. The normalized spacial score (nSPS) is 16.3. The molecule has 0 fully saturated rings. The van der Waals surface area contributed by atoms with Gasteiger partial charge in [-0.25, -0.2) is 14.6 Å². The highest BCUT2D eigenvalue weighted by molar-refractivity contribution is 7.98. The van der Waals surface area contributed by atoms with E-state index in [0.29, 0.717) is 30.9 Å². The van der Waals surface area contributed by atoms with Crippen LogP contribution in [-0.2, 0) is 16.0 Å². The van der Waals surface area contributed by atoms with Crippen LogP contribution in [0.25, 0.3) is 0 Å². The van der Waals surface area contributed by atoms with E-state index in [2.05, 4.69) is 15.3 Å². The maximum absolute atomic E-state index is 13.4. The van der Waals surface area contributed by atoms with Crippen LogP contribution >= 0.6 is 11.8 Å². The van der Waals surface area contributed by atoms with Gasteiger partial charge in [-0.3, -0.25) is 0 Å². The highest BCUT2D eigenvalue weighted by Crippen LogP contribution is 2.39. The number of hydrogen-bond donors (Lipinski definition) is 2. The Morgan fingerprint density at radius 3 is 2.81 bits per heavy atom. The third kappa shape index (κ3) is 4.90.